The van der Waals surface area contributed by atoms with E-state index in [4.69, 9.17) is 15.5 Å². The quantitative estimate of drug-likeness (QED) is 0.634. The normalized spacial score (nSPS) is 15.9. The van der Waals surface area contributed by atoms with Crippen molar-refractivity contribution < 1.29 is 9.53 Å². The number of carbonyl (C=O) groups is 1. The lowest BCUT2D eigenvalue weighted by Gasteiger charge is -2.22. The molecule has 1 unspecified atom stereocenters. The number of pyridine rings is 1. The number of hydrogen-bond acceptors (Lipinski definition) is 5. The van der Waals surface area contributed by atoms with Gasteiger partial charge in [-0.15, -0.1) is 11.3 Å². The minimum absolute atomic E-state index is 0.122. The molecule has 1 amide bonds. The molecular formula is C23H27N3O2S. The zero-order chi connectivity index (χ0) is 20.4. The molecule has 0 spiro atoms. The van der Waals surface area contributed by atoms with Crippen molar-refractivity contribution in [1.29, 1.82) is 0 Å². The van der Waals surface area contributed by atoms with Crippen molar-refractivity contribution in [3.8, 4) is 5.75 Å². The van der Waals surface area contributed by atoms with Crippen LogP contribution in [0.5, 0.6) is 5.75 Å². The first-order chi connectivity index (χ1) is 14.1. The van der Waals surface area contributed by atoms with E-state index in [1.54, 1.807) is 7.11 Å². The van der Waals surface area contributed by atoms with Crippen LogP contribution in [0.4, 0.5) is 5.69 Å². The van der Waals surface area contributed by atoms with Gasteiger partial charge in [0.1, 0.15) is 15.5 Å². The highest BCUT2D eigenvalue weighted by Gasteiger charge is 2.23. The van der Waals surface area contributed by atoms with E-state index in [-0.39, 0.29) is 5.91 Å². The molecule has 1 aromatic carbocycles. The fraction of sp³-hybridized carbons (Fsp3) is 0.391. The van der Waals surface area contributed by atoms with Gasteiger partial charge in [0.05, 0.1) is 12.8 Å². The number of amides is 1. The molecule has 0 saturated carbocycles. The van der Waals surface area contributed by atoms with E-state index in [0.717, 1.165) is 46.7 Å². The number of benzene rings is 1. The van der Waals surface area contributed by atoms with Gasteiger partial charge in [-0.3, -0.25) is 4.79 Å². The standard InChI is InChI=1S/C23H27N3O2S/c1-3-14-6-9-19-16(12-14)13-18-20(24)21(29-23(18)26-19)22(27)25-11-10-15-4-7-17(28-2)8-5-15/h4-5,7-8,13-14H,3,6,9-12,24H2,1-2H3,(H,25,27). The van der Waals surface area contributed by atoms with Crippen LogP contribution in [-0.2, 0) is 19.3 Å². The van der Waals surface area contributed by atoms with Crippen molar-refractivity contribution >= 4 is 33.1 Å². The van der Waals surface area contributed by atoms with E-state index in [0.29, 0.717) is 17.1 Å². The number of fused-ring (bicyclic) bond motifs is 2. The van der Waals surface area contributed by atoms with Gasteiger partial charge in [-0.05, 0) is 60.9 Å². The zero-order valence-corrected chi connectivity index (χ0v) is 17.8. The minimum atomic E-state index is -0.122. The van der Waals surface area contributed by atoms with Gasteiger partial charge < -0.3 is 15.8 Å². The summed E-state index contributed by atoms with van der Waals surface area (Å²) in [6.45, 7) is 2.80. The van der Waals surface area contributed by atoms with E-state index in [2.05, 4.69) is 18.3 Å². The molecule has 29 heavy (non-hydrogen) atoms. The second-order valence-corrected chi connectivity index (χ2v) is 8.66. The monoisotopic (exact) mass is 409 g/mol. The molecule has 2 heterocycles. The number of nitrogens with two attached hydrogens (primary N) is 1. The van der Waals surface area contributed by atoms with Gasteiger partial charge in [0.15, 0.2) is 0 Å². The van der Waals surface area contributed by atoms with Crippen LogP contribution in [0.2, 0.25) is 0 Å². The number of ether oxygens (including phenoxy) is 1. The Hall–Kier alpha value is -2.60. The Morgan fingerprint density at radius 3 is 2.86 bits per heavy atom. The van der Waals surface area contributed by atoms with Gasteiger partial charge >= 0.3 is 0 Å². The van der Waals surface area contributed by atoms with Gasteiger partial charge in [0.25, 0.3) is 5.91 Å². The summed E-state index contributed by atoms with van der Waals surface area (Å²) in [5.41, 5.74) is 10.5. The predicted octanol–water partition coefficient (Wildman–Crippen LogP) is 4.37. The highest BCUT2D eigenvalue weighted by Crippen LogP contribution is 2.36. The fourth-order valence-electron chi connectivity index (χ4n) is 3.98. The third kappa shape index (κ3) is 4.08. The molecule has 0 aliphatic heterocycles. The predicted molar refractivity (Wildman–Crippen MR) is 119 cm³/mol. The van der Waals surface area contributed by atoms with Gasteiger partial charge in [0.2, 0.25) is 0 Å². The van der Waals surface area contributed by atoms with Crippen LogP contribution >= 0.6 is 11.3 Å². The number of methoxy groups -OCH3 is 1. The molecule has 6 heteroatoms. The minimum Gasteiger partial charge on any atom is -0.497 e. The first-order valence-corrected chi connectivity index (χ1v) is 11.0. The zero-order valence-electron chi connectivity index (χ0n) is 17.0. The number of nitrogens with zero attached hydrogens (tertiary/aromatic N) is 1. The Morgan fingerprint density at radius 2 is 2.14 bits per heavy atom. The molecule has 1 atom stereocenters. The van der Waals surface area contributed by atoms with Gasteiger partial charge in [0, 0.05) is 17.6 Å². The maximum absolute atomic E-state index is 12.7. The molecule has 4 rings (SSSR count). The van der Waals surface area contributed by atoms with Gasteiger partial charge in [-0.25, -0.2) is 4.98 Å². The first-order valence-electron chi connectivity index (χ1n) is 10.2. The summed E-state index contributed by atoms with van der Waals surface area (Å²) in [6, 6.07) is 10.0. The molecule has 0 fully saturated rings. The Labute approximate surface area is 175 Å². The molecule has 1 aliphatic rings. The SMILES string of the molecule is CCC1CCc2nc3sc(C(=O)NCCc4ccc(OC)cc4)c(N)c3cc2C1. The van der Waals surface area contributed by atoms with Crippen LogP contribution in [0.25, 0.3) is 10.2 Å². The van der Waals surface area contributed by atoms with E-state index < -0.39 is 0 Å². The Bertz CT molecular complexity index is 1030. The number of rotatable bonds is 6. The number of aryl methyl sites for hydroxylation is 1. The van der Waals surface area contributed by atoms with E-state index in [1.165, 1.54) is 35.4 Å². The maximum atomic E-state index is 12.7. The molecule has 5 nitrogen and oxygen atoms in total. The van der Waals surface area contributed by atoms with E-state index in [9.17, 15) is 4.79 Å². The van der Waals surface area contributed by atoms with Crippen LogP contribution in [0, 0.1) is 5.92 Å². The van der Waals surface area contributed by atoms with Crippen molar-refractivity contribution in [3.05, 3.63) is 52.0 Å². The lowest BCUT2D eigenvalue weighted by atomic mass is 9.85. The van der Waals surface area contributed by atoms with Gasteiger partial charge in [-0.1, -0.05) is 25.5 Å². The number of hydrogen-bond donors (Lipinski definition) is 2. The smallest absolute Gasteiger partial charge is 0.263 e. The summed E-state index contributed by atoms with van der Waals surface area (Å²) in [4.78, 5) is 19.0. The van der Waals surface area contributed by atoms with Crippen molar-refractivity contribution in [2.24, 2.45) is 5.92 Å². The van der Waals surface area contributed by atoms with Crippen LogP contribution in [0.1, 0.15) is 46.3 Å². The van der Waals surface area contributed by atoms with Gasteiger partial charge in [-0.2, -0.15) is 0 Å². The first kappa shape index (κ1) is 19.7. The van der Waals surface area contributed by atoms with Crippen LogP contribution in [0.15, 0.2) is 30.3 Å². The Kier molecular flexibility index (Phi) is 5.72. The lowest BCUT2D eigenvalue weighted by molar-refractivity contribution is 0.0959. The fourth-order valence-corrected chi connectivity index (χ4v) is 4.99. The van der Waals surface area contributed by atoms with Crippen molar-refractivity contribution in [2.45, 2.75) is 39.0 Å². The summed E-state index contributed by atoms with van der Waals surface area (Å²) >= 11 is 1.40. The average Bonchev–Trinajstić information content (AvgIpc) is 3.07. The number of aromatic nitrogens is 1. The van der Waals surface area contributed by atoms with E-state index >= 15 is 0 Å². The number of nitrogen functional groups attached to an aromatic ring is 1. The van der Waals surface area contributed by atoms with E-state index in [1.807, 2.05) is 24.3 Å². The summed E-state index contributed by atoms with van der Waals surface area (Å²) in [5, 5.41) is 3.92. The number of carbonyl (C=O) groups excluding carboxylic acids is 1. The summed E-state index contributed by atoms with van der Waals surface area (Å²) in [6.07, 6.45) is 5.23. The summed E-state index contributed by atoms with van der Waals surface area (Å²) in [7, 11) is 1.65. The average molecular weight is 410 g/mol. The summed E-state index contributed by atoms with van der Waals surface area (Å²) < 4.78 is 5.17. The van der Waals surface area contributed by atoms with Crippen molar-refractivity contribution in [3.63, 3.8) is 0 Å². The largest absolute Gasteiger partial charge is 0.497 e. The number of thiophene rings is 1. The molecule has 0 radical (unpaired) electrons. The number of nitrogens with one attached hydrogen (secondary N) is 1. The molecule has 2 aromatic heterocycles. The highest BCUT2D eigenvalue weighted by atomic mass is 32.1. The van der Waals surface area contributed by atoms with Crippen molar-refractivity contribution in [1.82, 2.24) is 10.3 Å². The Balaban J connectivity index is 1.46. The van der Waals surface area contributed by atoms with Crippen LogP contribution in [-0.4, -0.2) is 24.5 Å². The Morgan fingerprint density at radius 1 is 1.34 bits per heavy atom. The van der Waals surface area contributed by atoms with Crippen molar-refractivity contribution in [2.75, 3.05) is 19.4 Å². The summed E-state index contributed by atoms with van der Waals surface area (Å²) in [5.74, 6) is 1.43. The molecule has 1 aliphatic carbocycles. The highest BCUT2D eigenvalue weighted by molar-refractivity contribution is 7.21. The maximum Gasteiger partial charge on any atom is 0.263 e. The molecule has 152 valence electrons. The third-order valence-corrected chi connectivity index (χ3v) is 6.94. The third-order valence-electron chi connectivity index (χ3n) is 5.83. The molecule has 3 aromatic rings. The van der Waals surface area contributed by atoms with Crippen LogP contribution < -0.4 is 15.8 Å². The van der Waals surface area contributed by atoms with Crippen LogP contribution in [0.3, 0.4) is 0 Å². The second-order valence-electron chi connectivity index (χ2n) is 7.66. The lowest BCUT2D eigenvalue weighted by Crippen LogP contribution is -2.25. The molecule has 0 saturated heterocycles. The molecular weight excluding hydrogens is 382 g/mol. The molecule has 0 bridgehead atoms. The number of anilines is 1. The molecule has 3 N–H and O–H groups in total. The topological polar surface area (TPSA) is 77.2 Å². The second kappa shape index (κ2) is 8.41.